The molecule has 1 heterocycles. The normalized spacial score (nSPS) is 23.8. The van der Waals surface area contributed by atoms with Crippen molar-refractivity contribution >= 4 is 0 Å². The fourth-order valence-electron chi connectivity index (χ4n) is 1.99. The minimum atomic E-state index is -0.732. The molecule has 0 saturated carbocycles. The number of rotatable bonds is 2. The minimum absolute atomic E-state index is 0.227. The molecule has 1 aliphatic carbocycles. The standard InChI is InChI=1S/C11H14N2O4/c1-6-4-13(11(17)12-10(6)16)8-2-7(5-14)9(15)3-8/h2,4,8-9,14-15H,3,5H2,1H3,(H,12,16,17)/t8-,9-/m1/s1. The van der Waals surface area contributed by atoms with Gasteiger partial charge in [0.2, 0.25) is 0 Å². The summed E-state index contributed by atoms with van der Waals surface area (Å²) in [5.41, 5.74) is 0.0279. The van der Waals surface area contributed by atoms with Crippen molar-refractivity contribution in [3.63, 3.8) is 0 Å². The number of aliphatic hydroxyl groups excluding tert-OH is 2. The van der Waals surface area contributed by atoms with Crippen molar-refractivity contribution in [2.45, 2.75) is 25.5 Å². The molecule has 0 saturated heterocycles. The first-order chi connectivity index (χ1) is 8.02. The molecule has 0 aromatic carbocycles. The Labute approximate surface area is 96.9 Å². The maximum Gasteiger partial charge on any atom is 0.328 e. The lowest BCUT2D eigenvalue weighted by Crippen LogP contribution is -2.32. The van der Waals surface area contributed by atoms with Crippen LogP contribution in [-0.4, -0.2) is 32.5 Å². The number of aromatic nitrogens is 2. The molecule has 2 atom stereocenters. The highest BCUT2D eigenvalue weighted by atomic mass is 16.3. The average molecular weight is 238 g/mol. The van der Waals surface area contributed by atoms with E-state index in [2.05, 4.69) is 4.98 Å². The number of nitrogens with one attached hydrogen (secondary N) is 1. The topological polar surface area (TPSA) is 95.3 Å². The molecule has 0 spiro atoms. The van der Waals surface area contributed by atoms with Gasteiger partial charge in [0, 0.05) is 18.2 Å². The van der Waals surface area contributed by atoms with Crippen LogP contribution in [0.5, 0.6) is 0 Å². The molecule has 2 rings (SSSR count). The van der Waals surface area contributed by atoms with E-state index in [4.69, 9.17) is 5.11 Å². The third kappa shape index (κ3) is 2.09. The van der Waals surface area contributed by atoms with Gasteiger partial charge < -0.3 is 10.2 Å². The highest BCUT2D eigenvalue weighted by Gasteiger charge is 2.25. The Morgan fingerprint density at radius 2 is 2.24 bits per heavy atom. The van der Waals surface area contributed by atoms with Crippen LogP contribution in [0.4, 0.5) is 0 Å². The minimum Gasteiger partial charge on any atom is -0.392 e. The molecule has 1 aromatic rings. The summed E-state index contributed by atoms with van der Waals surface area (Å²) >= 11 is 0. The largest absolute Gasteiger partial charge is 0.392 e. The molecule has 3 N–H and O–H groups in total. The number of aryl methyl sites for hydroxylation is 1. The van der Waals surface area contributed by atoms with Gasteiger partial charge in [0.25, 0.3) is 5.56 Å². The Hall–Kier alpha value is -1.66. The van der Waals surface area contributed by atoms with Crippen molar-refractivity contribution in [1.82, 2.24) is 9.55 Å². The van der Waals surface area contributed by atoms with E-state index < -0.39 is 17.4 Å². The molecule has 0 amide bonds. The van der Waals surface area contributed by atoms with Gasteiger partial charge in [0.05, 0.1) is 18.8 Å². The van der Waals surface area contributed by atoms with Gasteiger partial charge in [0.1, 0.15) is 0 Å². The Bertz CT molecular complexity index is 570. The molecule has 92 valence electrons. The number of aromatic amines is 1. The van der Waals surface area contributed by atoms with E-state index in [0.717, 1.165) is 0 Å². The Balaban J connectivity index is 2.44. The predicted octanol–water partition coefficient (Wildman–Crippen LogP) is -0.931. The predicted molar refractivity (Wildman–Crippen MR) is 60.9 cm³/mol. The monoisotopic (exact) mass is 238 g/mol. The van der Waals surface area contributed by atoms with Gasteiger partial charge in [-0.1, -0.05) is 6.08 Å². The summed E-state index contributed by atoms with van der Waals surface area (Å²) in [6.07, 6.45) is 2.73. The molecular formula is C11H14N2O4. The number of allylic oxidation sites excluding steroid dienone is 1. The summed E-state index contributed by atoms with van der Waals surface area (Å²) in [4.78, 5) is 25.0. The summed E-state index contributed by atoms with van der Waals surface area (Å²) in [5, 5.41) is 18.6. The molecule has 0 aliphatic heterocycles. The summed E-state index contributed by atoms with van der Waals surface area (Å²) in [5.74, 6) is 0. The van der Waals surface area contributed by atoms with Crippen molar-refractivity contribution in [2.24, 2.45) is 0 Å². The Morgan fingerprint density at radius 1 is 1.53 bits per heavy atom. The first kappa shape index (κ1) is 11.8. The van der Waals surface area contributed by atoms with Crippen LogP contribution in [0.3, 0.4) is 0 Å². The number of aliphatic hydroxyl groups is 2. The maximum atomic E-state index is 11.6. The number of H-pyrrole nitrogens is 1. The molecule has 0 radical (unpaired) electrons. The molecule has 1 aliphatic rings. The van der Waals surface area contributed by atoms with E-state index in [1.54, 1.807) is 13.0 Å². The molecule has 6 nitrogen and oxygen atoms in total. The van der Waals surface area contributed by atoms with Crippen LogP contribution in [0.15, 0.2) is 27.4 Å². The smallest absolute Gasteiger partial charge is 0.328 e. The van der Waals surface area contributed by atoms with Crippen LogP contribution in [0.2, 0.25) is 0 Å². The zero-order valence-electron chi connectivity index (χ0n) is 9.38. The van der Waals surface area contributed by atoms with Crippen LogP contribution in [0, 0.1) is 6.92 Å². The fourth-order valence-corrected chi connectivity index (χ4v) is 1.99. The van der Waals surface area contributed by atoms with Gasteiger partial charge in [-0.2, -0.15) is 0 Å². The van der Waals surface area contributed by atoms with Gasteiger partial charge in [-0.05, 0) is 12.5 Å². The van der Waals surface area contributed by atoms with Crippen LogP contribution < -0.4 is 11.2 Å². The third-order valence-electron chi connectivity index (χ3n) is 2.98. The quantitative estimate of drug-likeness (QED) is 0.580. The number of hydrogen-bond donors (Lipinski definition) is 3. The van der Waals surface area contributed by atoms with Crippen molar-refractivity contribution in [2.75, 3.05) is 6.61 Å². The first-order valence-corrected chi connectivity index (χ1v) is 5.34. The Kier molecular flexibility index (Phi) is 2.99. The highest BCUT2D eigenvalue weighted by Crippen LogP contribution is 2.27. The summed E-state index contributed by atoms with van der Waals surface area (Å²) in [7, 11) is 0. The lowest BCUT2D eigenvalue weighted by Gasteiger charge is -2.12. The van der Waals surface area contributed by atoms with E-state index in [1.807, 2.05) is 0 Å². The summed E-state index contributed by atoms with van der Waals surface area (Å²) in [6.45, 7) is 1.38. The van der Waals surface area contributed by atoms with Gasteiger partial charge in [-0.3, -0.25) is 14.3 Å². The fraction of sp³-hybridized carbons (Fsp3) is 0.455. The molecule has 0 unspecified atom stereocenters. The SMILES string of the molecule is Cc1cn([C@@H]2C=C(CO)[C@H](O)C2)c(=O)[nH]c1=O. The van der Waals surface area contributed by atoms with Gasteiger partial charge in [0.15, 0.2) is 0 Å². The lowest BCUT2D eigenvalue weighted by molar-refractivity contribution is 0.181. The first-order valence-electron chi connectivity index (χ1n) is 5.34. The maximum absolute atomic E-state index is 11.6. The third-order valence-corrected chi connectivity index (χ3v) is 2.98. The highest BCUT2D eigenvalue weighted by molar-refractivity contribution is 5.19. The second-order valence-corrected chi connectivity index (χ2v) is 4.20. The second kappa shape index (κ2) is 4.31. The lowest BCUT2D eigenvalue weighted by atomic mass is 10.2. The summed E-state index contributed by atoms with van der Waals surface area (Å²) < 4.78 is 1.36. The van der Waals surface area contributed by atoms with E-state index in [-0.39, 0.29) is 12.6 Å². The van der Waals surface area contributed by atoms with Crippen molar-refractivity contribution < 1.29 is 10.2 Å². The van der Waals surface area contributed by atoms with Gasteiger partial charge in [-0.25, -0.2) is 4.79 Å². The molecule has 0 fully saturated rings. The average Bonchev–Trinajstić information content (AvgIpc) is 2.65. The second-order valence-electron chi connectivity index (χ2n) is 4.20. The zero-order chi connectivity index (χ0) is 12.6. The number of hydrogen-bond acceptors (Lipinski definition) is 4. The van der Waals surface area contributed by atoms with Gasteiger partial charge >= 0.3 is 5.69 Å². The van der Waals surface area contributed by atoms with Crippen molar-refractivity contribution in [1.29, 1.82) is 0 Å². The molecule has 6 heteroatoms. The molecule has 17 heavy (non-hydrogen) atoms. The van der Waals surface area contributed by atoms with E-state index in [1.165, 1.54) is 10.8 Å². The summed E-state index contributed by atoms with van der Waals surface area (Å²) in [6, 6.07) is -0.324. The van der Waals surface area contributed by atoms with Crippen LogP contribution in [-0.2, 0) is 0 Å². The van der Waals surface area contributed by atoms with E-state index in [0.29, 0.717) is 17.6 Å². The van der Waals surface area contributed by atoms with E-state index in [9.17, 15) is 14.7 Å². The number of nitrogens with zero attached hydrogens (tertiary/aromatic N) is 1. The molecular weight excluding hydrogens is 224 g/mol. The molecule has 0 bridgehead atoms. The van der Waals surface area contributed by atoms with Crippen molar-refractivity contribution in [3.05, 3.63) is 44.2 Å². The van der Waals surface area contributed by atoms with Crippen LogP contribution in [0.25, 0.3) is 0 Å². The van der Waals surface area contributed by atoms with Gasteiger partial charge in [-0.15, -0.1) is 0 Å². The Morgan fingerprint density at radius 3 is 2.82 bits per heavy atom. The van der Waals surface area contributed by atoms with Crippen LogP contribution >= 0.6 is 0 Å². The van der Waals surface area contributed by atoms with Crippen molar-refractivity contribution in [3.8, 4) is 0 Å². The zero-order valence-corrected chi connectivity index (χ0v) is 9.38. The van der Waals surface area contributed by atoms with Crippen LogP contribution in [0.1, 0.15) is 18.0 Å². The van der Waals surface area contributed by atoms with E-state index >= 15 is 0 Å². The molecule has 1 aromatic heterocycles.